The molecule has 0 saturated heterocycles. The molecule has 0 aliphatic heterocycles. The van der Waals surface area contributed by atoms with Gasteiger partial charge in [0.15, 0.2) is 11.5 Å². The number of anilines is 1. The fourth-order valence-corrected chi connectivity index (χ4v) is 2.14. The molecule has 0 heterocycles. The quantitative estimate of drug-likeness (QED) is 0.853. The van der Waals surface area contributed by atoms with Crippen LogP contribution >= 0.6 is 0 Å². The highest BCUT2D eigenvalue weighted by molar-refractivity contribution is 5.48. The Morgan fingerprint density at radius 2 is 1.86 bits per heavy atom. The second-order valence-corrected chi connectivity index (χ2v) is 5.37. The Labute approximate surface area is 126 Å². The average Bonchev–Trinajstić information content (AvgIpc) is 2.45. The van der Waals surface area contributed by atoms with Gasteiger partial charge in [-0.2, -0.15) is 0 Å². The molecule has 0 unspecified atom stereocenters. The minimum atomic E-state index is 0.124. The van der Waals surface area contributed by atoms with Crippen LogP contribution in [-0.2, 0) is 6.54 Å². The van der Waals surface area contributed by atoms with Crippen LogP contribution in [0.25, 0.3) is 0 Å². The maximum atomic E-state index is 5.80. The molecule has 0 saturated carbocycles. The topological polar surface area (TPSA) is 30.5 Å². The predicted molar refractivity (Wildman–Crippen MR) is 87.3 cm³/mol. The average molecular weight is 285 g/mol. The lowest BCUT2D eigenvalue weighted by Crippen LogP contribution is -2.07. The van der Waals surface area contributed by atoms with E-state index in [0.717, 1.165) is 29.3 Å². The zero-order valence-electron chi connectivity index (χ0n) is 13.1. The minimum Gasteiger partial charge on any atom is -0.493 e. The van der Waals surface area contributed by atoms with Gasteiger partial charge in [0.2, 0.25) is 0 Å². The van der Waals surface area contributed by atoms with Gasteiger partial charge in [-0.25, -0.2) is 0 Å². The Bertz CT molecular complexity index is 594. The first-order chi connectivity index (χ1) is 10.1. The summed E-state index contributed by atoms with van der Waals surface area (Å²) in [7, 11) is 1.66. The van der Waals surface area contributed by atoms with Crippen molar-refractivity contribution in [3.63, 3.8) is 0 Å². The molecule has 0 amide bonds. The van der Waals surface area contributed by atoms with Crippen molar-refractivity contribution in [2.45, 2.75) is 33.4 Å². The molecule has 2 aromatic carbocycles. The van der Waals surface area contributed by atoms with Gasteiger partial charge in [0, 0.05) is 12.2 Å². The van der Waals surface area contributed by atoms with Gasteiger partial charge >= 0.3 is 0 Å². The summed E-state index contributed by atoms with van der Waals surface area (Å²) in [5.41, 5.74) is 3.53. The summed E-state index contributed by atoms with van der Waals surface area (Å²) in [6.45, 7) is 6.86. The van der Waals surface area contributed by atoms with Crippen molar-refractivity contribution in [1.82, 2.24) is 0 Å². The number of methoxy groups -OCH3 is 1. The highest BCUT2D eigenvalue weighted by atomic mass is 16.5. The van der Waals surface area contributed by atoms with Crippen LogP contribution in [0.2, 0.25) is 0 Å². The molecule has 0 aromatic heterocycles. The van der Waals surface area contributed by atoms with Crippen molar-refractivity contribution >= 4 is 5.69 Å². The molecular weight excluding hydrogens is 262 g/mol. The van der Waals surface area contributed by atoms with Crippen LogP contribution in [0.4, 0.5) is 5.69 Å². The maximum Gasteiger partial charge on any atom is 0.161 e. The summed E-state index contributed by atoms with van der Waals surface area (Å²) in [6.07, 6.45) is 0.124. The largest absolute Gasteiger partial charge is 0.493 e. The number of benzene rings is 2. The molecule has 0 bridgehead atoms. The fraction of sp³-hybridized carbons (Fsp3) is 0.333. The van der Waals surface area contributed by atoms with Crippen molar-refractivity contribution < 1.29 is 9.47 Å². The lowest BCUT2D eigenvalue weighted by Gasteiger charge is -2.15. The molecule has 2 rings (SSSR count). The third-order valence-corrected chi connectivity index (χ3v) is 3.11. The van der Waals surface area contributed by atoms with E-state index < -0.39 is 0 Å². The van der Waals surface area contributed by atoms with Gasteiger partial charge in [0.25, 0.3) is 0 Å². The van der Waals surface area contributed by atoms with Crippen LogP contribution < -0.4 is 14.8 Å². The summed E-state index contributed by atoms with van der Waals surface area (Å²) >= 11 is 0. The molecule has 1 N–H and O–H groups in total. The first-order valence-electron chi connectivity index (χ1n) is 7.22. The Morgan fingerprint density at radius 1 is 1.05 bits per heavy atom. The molecule has 0 aliphatic carbocycles. The Morgan fingerprint density at radius 3 is 2.52 bits per heavy atom. The number of hydrogen-bond donors (Lipinski definition) is 1. The Hall–Kier alpha value is -2.16. The lowest BCUT2D eigenvalue weighted by molar-refractivity contribution is 0.230. The molecule has 3 heteroatoms. The monoisotopic (exact) mass is 285 g/mol. The van der Waals surface area contributed by atoms with E-state index >= 15 is 0 Å². The van der Waals surface area contributed by atoms with Crippen molar-refractivity contribution in [2.75, 3.05) is 12.4 Å². The van der Waals surface area contributed by atoms with Gasteiger partial charge < -0.3 is 14.8 Å². The lowest BCUT2D eigenvalue weighted by atomic mass is 10.1. The van der Waals surface area contributed by atoms with Crippen LogP contribution in [0.3, 0.4) is 0 Å². The Kier molecular flexibility index (Phi) is 5.09. The van der Waals surface area contributed by atoms with Gasteiger partial charge in [-0.15, -0.1) is 0 Å². The summed E-state index contributed by atoms with van der Waals surface area (Å²) in [6, 6.07) is 14.4. The van der Waals surface area contributed by atoms with E-state index in [0.29, 0.717) is 0 Å². The van der Waals surface area contributed by atoms with Gasteiger partial charge in [-0.05, 0) is 56.2 Å². The standard InChI is InChI=1S/C18H23NO2/c1-13(2)21-18-11-15(8-9-17(18)20-4)12-19-16-7-5-6-14(3)10-16/h5-11,13,19H,12H2,1-4H3. The summed E-state index contributed by atoms with van der Waals surface area (Å²) in [5, 5.41) is 3.42. The van der Waals surface area contributed by atoms with Crippen LogP contribution in [0.15, 0.2) is 42.5 Å². The summed E-state index contributed by atoms with van der Waals surface area (Å²) in [4.78, 5) is 0. The third-order valence-electron chi connectivity index (χ3n) is 3.11. The zero-order chi connectivity index (χ0) is 15.2. The predicted octanol–water partition coefficient (Wildman–Crippen LogP) is 4.40. The SMILES string of the molecule is COc1ccc(CNc2cccc(C)c2)cc1OC(C)C. The van der Waals surface area contributed by atoms with E-state index in [4.69, 9.17) is 9.47 Å². The number of hydrogen-bond acceptors (Lipinski definition) is 3. The normalized spacial score (nSPS) is 10.5. The van der Waals surface area contributed by atoms with Crippen molar-refractivity contribution in [3.05, 3.63) is 53.6 Å². The van der Waals surface area contributed by atoms with Crippen molar-refractivity contribution in [3.8, 4) is 11.5 Å². The zero-order valence-corrected chi connectivity index (χ0v) is 13.1. The Balaban J connectivity index is 2.09. The van der Waals surface area contributed by atoms with Crippen molar-refractivity contribution in [2.24, 2.45) is 0 Å². The molecule has 3 nitrogen and oxygen atoms in total. The molecule has 2 aromatic rings. The van der Waals surface area contributed by atoms with Crippen LogP contribution in [0.5, 0.6) is 11.5 Å². The number of rotatable bonds is 6. The molecular formula is C18H23NO2. The van der Waals surface area contributed by atoms with E-state index in [9.17, 15) is 0 Å². The molecule has 0 spiro atoms. The second kappa shape index (κ2) is 7.02. The van der Waals surface area contributed by atoms with Gasteiger partial charge in [-0.3, -0.25) is 0 Å². The number of ether oxygens (including phenoxy) is 2. The summed E-state index contributed by atoms with van der Waals surface area (Å²) < 4.78 is 11.1. The highest BCUT2D eigenvalue weighted by Crippen LogP contribution is 2.29. The molecule has 21 heavy (non-hydrogen) atoms. The smallest absolute Gasteiger partial charge is 0.161 e. The van der Waals surface area contributed by atoms with E-state index in [1.807, 2.05) is 26.0 Å². The summed E-state index contributed by atoms with van der Waals surface area (Å²) in [5.74, 6) is 1.55. The van der Waals surface area contributed by atoms with Gasteiger partial charge in [-0.1, -0.05) is 18.2 Å². The van der Waals surface area contributed by atoms with Gasteiger partial charge in [0.1, 0.15) is 0 Å². The minimum absolute atomic E-state index is 0.124. The fourth-order valence-electron chi connectivity index (χ4n) is 2.14. The third kappa shape index (κ3) is 4.42. The molecule has 0 atom stereocenters. The molecule has 0 fully saturated rings. The van der Waals surface area contributed by atoms with E-state index in [1.165, 1.54) is 5.56 Å². The first kappa shape index (κ1) is 15.2. The van der Waals surface area contributed by atoms with E-state index in [1.54, 1.807) is 7.11 Å². The first-order valence-corrected chi connectivity index (χ1v) is 7.22. The van der Waals surface area contributed by atoms with Crippen LogP contribution in [0.1, 0.15) is 25.0 Å². The van der Waals surface area contributed by atoms with Crippen LogP contribution in [0, 0.1) is 6.92 Å². The molecule has 112 valence electrons. The van der Waals surface area contributed by atoms with Crippen LogP contribution in [-0.4, -0.2) is 13.2 Å². The van der Waals surface area contributed by atoms with Crippen molar-refractivity contribution in [1.29, 1.82) is 0 Å². The maximum absolute atomic E-state index is 5.80. The molecule has 0 radical (unpaired) electrons. The van der Waals surface area contributed by atoms with E-state index in [2.05, 4.69) is 42.6 Å². The number of aryl methyl sites for hydroxylation is 1. The number of nitrogens with one attached hydrogen (secondary N) is 1. The van der Waals surface area contributed by atoms with Gasteiger partial charge in [0.05, 0.1) is 13.2 Å². The second-order valence-electron chi connectivity index (χ2n) is 5.37. The highest BCUT2D eigenvalue weighted by Gasteiger charge is 2.07. The molecule has 0 aliphatic rings. The van der Waals surface area contributed by atoms with E-state index in [-0.39, 0.29) is 6.10 Å².